The highest BCUT2D eigenvalue weighted by Gasteiger charge is 2.21. The van der Waals surface area contributed by atoms with E-state index in [1.165, 1.54) is 38.5 Å². The van der Waals surface area contributed by atoms with Crippen LogP contribution in [-0.2, 0) is 0 Å². The van der Waals surface area contributed by atoms with Crippen LogP contribution in [-0.4, -0.2) is 5.54 Å². The smallest absolute Gasteiger partial charge is 0.0149 e. The summed E-state index contributed by atoms with van der Waals surface area (Å²) in [5.41, 5.74) is 6.22. The van der Waals surface area contributed by atoms with E-state index in [0.717, 1.165) is 0 Å². The molecule has 13 heavy (non-hydrogen) atoms. The van der Waals surface area contributed by atoms with E-state index < -0.39 is 0 Å². The van der Waals surface area contributed by atoms with Crippen molar-refractivity contribution in [1.82, 2.24) is 0 Å². The summed E-state index contributed by atoms with van der Waals surface area (Å²) in [5.74, 6) is 0.596. The fourth-order valence-electron chi connectivity index (χ4n) is 1.40. The van der Waals surface area contributed by atoms with Crippen molar-refractivity contribution in [3.8, 4) is 0 Å². The van der Waals surface area contributed by atoms with Crippen LogP contribution in [0, 0.1) is 5.92 Å². The molecule has 0 rings (SSSR count). The molecule has 0 aromatic rings. The molecule has 0 aromatic carbocycles. The Balaban J connectivity index is 3.41. The van der Waals surface area contributed by atoms with Gasteiger partial charge in [0, 0.05) is 5.54 Å². The highest BCUT2D eigenvalue weighted by Crippen LogP contribution is 2.20. The van der Waals surface area contributed by atoms with E-state index >= 15 is 0 Å². The Morgan fingerprint density at radius 1 is 1.08 bits per heavy atom. The molecule has 0 heterocycles. The minimum absolute atomic E-state index is 0.0478. The molecule has 0 aromatic heterocycles. The Morgan fingerprint density at radius 3 is 2.08 bits per heavy atom. The van der Waals surface area contributed by atoms with Gasteiger partial charge in [0.15, 0.2) is 0 Å². The normalized spacial score (nSPS) is 16.2. The molecule has 0 fully saturated rings. The van der Waals surface area contributed by atoms with Crippen molar-refractivity contribution in [1.29, 1.82) is 0 Å². The molecule has 1 atom stereocenters. The molecule has 0 spiro atoms. The molecule has 1 unspecified atom stereocenters. The van der Waals surface area contributed by atoms with Crippen LogP contribution in [0.2, 0.25) is 0 Å². The lowest BCUT2D eigenvalue weighted by Gasteiger charge is -2.29. The van der Waals surface area contributed by atoms with Crippen LogP contribution < -0.4 is 5.73 Å². The third-order valence-corrected chi connectivity index (χ3v) is 3.14. The topological polar surface area (TPSA) is 26.0 Å². The van der Waals surface area contributed by atoms with E-state index in [4.69, 9.17) is 5.73 Å². The first kappa shape index (κ1) is 13.0. The molecule has 0 aliphatic carbocycles. The second-order valence-corrected chi connectivity index (χ2v) is 4.82. The van der Waals surface area contributed by atoms with Gasteiger partial charge in [0.1, 0.15) is 0 Å². The van der Waals surface area contributed by atoms with E-state index in [2.05, 4.69) is 27.7 Å². The van der Waals surface area contributed by atoms with Crippen LogP contribution in [0.5, 0.6) is 0 Å². The lowest BCUT2D eigenvalue weighted by atomic mass is 9.84. The zero-order chi connectivity index (χ0) is 10.3. The van der Waals surface area contributed by atoms with E-state index in [1.807, 2.05) is 0 Å². The van der Waals surface area contributed by atoms with E-state index in [0.29, 0.717) is 5.92 Å². The van der Waals surface area contributed by atoms with Gasteiger partial charge in [0.05, 0.1) is 0 Å². The standard InChI is InChI=1S/C12H27N/c1-5-6-7-8-9-10-12(4,13)11(2)3/h11H,5-10,13H2,1-4H3. The lowest BCUT2D eigenvalue weighted by molar-refractivity contribution is 0.305. The Kier molecular flexibility index (Phi) is 6.40. The second kappa shape index (κ2) is 6.42. The molecular weight excluding hydrogens is 158 g/mol. The highest BCUT2D eigenvalue weighted by atomic mass is 14.7. The average molecular weight is 185 g/mol. The van der Waals surface area contributed by atoms with Crippen molar-refractivity contribution in [2.24, 2.45) is 11.7 Å². The van der Waals surface area contributed by atoms with Crippen LogP contribution in [0.4, 0.5) is 0 Å². The SMILES string of the molecule is CCCCCCCC(C)(N)C(C)C. The number of hydrogen-bond acceptors (Lipinski definition) is 1. The summed E-state index contributed by atoms with van der Waals surface area (Å²) in [4.78, 5) is 0. The fraction of sp³-hybridized carbons (Fsp3) is 1.00. The monoisotopic (exact) mass is 185 g/mol. The summed E-state index contributed by atoms with van der Waals surface area (Å²) in [6.45, 7) is 8.86. The summed E-state index contributed by atoms with van der Waals surface area (Å²) >= 11 is 0. The molecule has 0 radical (unpaired) electrons. The second-order valence-electron chi connectivity index (χ2n) is 4.82. The van der Waals surface area contributed by atoms with Gasteiger partial charge >= 0.3 is 0 Å². The summed E-state index contributed by atoms with van der Waals surface area (Å²) < 4.78 is 0. The third kappa shape index (κ3) is 6.09. The number of hydrogen-bond donors (Lipinski definition) is 1. The molecule has 0 bridgehead atoms. The van der Waals surface area contributed by atoms with Crippen molar-refractivity contribution in [2.75, 3.05) is 0 Å². The van der Waals surface area contributed by atoms with Gasteiger partial charge in [-0.15, -0.1) is 0 Å². The summed E-state index contributed by atoms with van der Waals surface area (Å²) in [7, 11) is 0. The van der Waals surface area contributed by atoms with Gasteiger partial charge < -0.3 is 5.73 Å². The lowest BCUT2D eigenvalue weighted by Crippen LogP contribution is -2.41. The van der Waals surface area contributed by atoms with Gasteiger partial charge in [0.2, 0.25) is 0 Å². The number of unbranched alkanes of at least 4 members (excludes halogenated alkanes) is 4. The van der Waals surface area contributed by atoms with Gasteiger partial charge in [-0.05, 0) is 19.3 Å². The average Bonchev–Trinajstić information content (AvgIpc) is 2.03. The number of nitrogens with two attached hydrogens (primary N) is 1. The Labute approximate surface area is 84.1 Å². The minimum Gasteiger partial charge on any atom is -0.325 e. The van der Waals surface area contributed by atoms with Crippen molar-refractivity contribution >= 4 is 0 Å². The minimum atomic E-state index is 0.0478. The van der Waals surface area contributed by atoms with E-state index in [-0.39, 0.29) is 5.54 Å². The highest BCUT2D eigenvalue weighted by molar-refractivity contribution is 4.81. The van der Waals surface area contributed by atoms with Gasteiger partial charge in [0.25, 0.3) is 0 Å². The van der Waals surface area contributed by atoms with Crippen LogP contribution in [0.3, 0.4) is 0 Å². The van der Waals surface area contributed by atoms with Crippen LogP contribution in [0.15, 0.2) is 0 Å². The Morgan fingerprint density at radius 2 is 1.62 bits per heavy atom. The molecule has 0 saturated heterocycles. The zero-order valence-corrected chi connectivity index (χ0v) is 9.90. The van der Waals surface area contributed by atoms with Crippen LogP contribution in [0.25, 0.3) is 0 Å². The molecule has 0 aliphatic rings. The maximum absolute atomic E-state index is 6.17. The maximum atomic E-state index is 6.17. The molecule has 0 aliphatic heterocycles. The van der Waals surface area contributed by atoms with Gasteiger partial charge in [-0.3, -0.25) is 0 Å². The van der Waals surface area contributed by atoms with Gasteiger partial charge in [-0.1, -0.05) is 52.9 Å². The summed E-state index contributed by atoms with van der Waals surface area (Å²) in [6, 6.07) is 0. The molecule has 1 nitrogen and oxygen atoms in total. The molecule has 0 amide bonds. The zero-order valence-electron chi connectivity index (χ0n) is 9.90. The van der Waals surface area contributed by atoms with Crippen molar-refractivity contribution < 1.29 is 0 Å². The quantitative estimate of drug-likeness (QED) is 0.601. The first-order valence-electron chi connectivity index (χ1n) is 5.79. The van der Waals surface area contributed by atoms with Crippen LogP contribution >= 0.6 is 0 Å². The molecule has 1 heteroatoms. The summed E-state index contributed by atoms with van der Waals surface area (Å²) in [6.07, 6.45) is 7.91. The first-order chi connectivity index (χ1) is 6.00. The molecule has 80 valence electrons. The van der Waals surface area contributed by atoms with Crippen molar-refractivity contribution in [3.63, 3.8) is 0 Å². The molecule has 0 saturated carbocycles. The number of rotatable bonds is 7. The fourth-order valence-corrected chi connectivity index (χ4v) is 1.40. The Hall–Kier alpha value is -0.0400. The van der Waals surface area contributed by atoms with Crippen molar-refractivity contribution in [2.45, 2.75) is 71.8 Å². The molecular formula is C12H27N. The van der Waals surface area contributed by atoms with E-state index in [9.17, 15) is 0 Å². The third-order valence-electron chi connectivity index (χ3n) is 3.14. The maximum Gasteiger partial charge on any atom is 0.0149 e. The first-order valence-corrected chi connectivity index (χ1v) is 5.79. The predicted molar refractivity (Wildman–Crippen MR) is 60.8 cm³/mol. The summed E-state index contributed by atoms with van der Waals surface area (Å²) in [5, 5.41) is 0. The molecule has 2 N–H and O–H groups in total. The predicted octanol–water partition coefficient (Wildman–Crippen LogP) is 3.72. The van der Waals surface area contributed by atoms with Crippen molar-refractivity contribution in [3.05, 3.63) is 0 Å². The van der Waals surface area contributed by atoms with Gasteiger partial charge in [-0.2, -0.15) is 0 Å². The van der Waals surface area contributed by atoms with E-state index in [1.54, 1.807) is 0 Å². The van der Waals surface area contributed by atoms with Gasteiger partial charge in [-0.25, -0.2) is 0 Å². The Bertz CT molecular complexity index is 116. The largest absolute Gasteiger partial charge is 0.325 e. The van der Waals surface area contributed by atoms with Crippen LogP contribution in [0.1, 0.15) is 66.2 Å².